The summed E-state index contributed by atoms with van der Waals surface area (Å²) in [6.07, 6.45) is 6.69. The number of hydrogen-bond donors (Lipinski definition) is 1. The van der Waals surface area contributed by atoms with E-state index in [0.717, 1.165) is 18.6 Å². The molecule has 0 saturated carbocycles. The summed E-state index contributed by atoms with van der Waals surface area (Å²) < 4.78 is 0. The van der Waals surface area contributed by atoms with Crippen molar-refractivity contribution < 1.29 is 0 Å². The highest BCUT2D eigenvalue weighted by Crippen LogP contribution is 2.33. The van der Waals surface area contributed by atoms with Crippen LogP contribution in [0.5, 0.6) is 0 Å². The first kappa shape index (κ1) is 16.0. The number of nitrogens with zero attached hydrogens (tertiary/aromatic N) is 1. The first-order chi connectivity index (χ1) is 8.62. The minimum absolute atomic E-state index is 0.474. The van der Waals surface area contributed by atoms with Crippen molar-refractivity contribution >= 4 is 0 Å². The van der Waals surface area contributed by atoms with Gasteiger partial charge in [-0.05, 0) is 51.0 Å². The Hall–Kier alpha value is -0.0800. The second-order valence-corrected chi connectivity index (χ2v) is 6.15. The van der Waals surface area contributed by atoms with Crippen molar-refractivity contribution in [2.75, 3.05) is 19.6 Å². The van der Waals surface area contributed by atoms with Crippen molar-refractivity contribution in [2.45, 2.75) is 78.8 Å². The molecule has 1 saturated heterocycles. The molecular formula is C16H34N2. The van der Waals surface area contributed by atoms with Gasteiger partial charge in [-0.1, -0.05) is 27.7 Å². The van der Waals surface area contributed by atoms with Crippen LogP contribution >= 0.6 is 0 Å². The van der Waals surface area contributed by atoms with Crippen molar-refractivity contribution in [3.63, 3.8) is 0 Å². The van der Waals surface area contributed by atoms with Crippen molar-refractivity contribution in [2.24, 2.45) is 5.41 Å². The third kappa shape index (κ3) is 3.71. The number of likely N-dealkylation sites (tertiary alicyclic amines) is 1. The van der Waals surface area contributed by atoms with Gasteiger partial charge in [-0.15, -0.1) is 0 Å². The Bertz CT molecular complexity index is 223. The fourth-order valence-corrected chi connectivity index (χ4v) is 3.41. The normalized spacial score (nSPS) is 25.8. The summed E-state index contributed by atoms with van der Waals surface area (Å²) in [4.78, 5) is 2.80. The zero-order valence-corrected chi connectivity index (χ0v) is 13.3. The number of nitrogens with one attached hydrogen (secondary N) is 1. The molecule has 1 rings (SSSR count). The molecule has 108 valence electrons. The molecule has 1 N–H and O–H groups in total. The van der Waals surface area contributed by atoms with Gasteiger partial charge < -0.3 is 5.32 Å². The van der Waals surface area contributed by atoms with Gasteiger partial charge in [0.2, 0.25) is 0 Å². The molecule has 1 aliphatic heterocycles. The third-order valence-corrected chi connectivity index (χ3v) is 5.19. The quantitative estimate of drug-likeness (QED) is 0.711. The standard InChI is InChI=1S/C16H34N2/c1-6-15-11-10-14(5)18(15)13-16(7-2,8-3)12-17-9-4/h14-15,17H,6-13H2,1-5H3. The Morgan fingerprint density at radius 1 is 1.11 bits per heavy atom. The summed E-state index contributed by atoms with van der Waals surface area (Å²) in [7, 11) is 0. The molecule has 1 heterocycles. The van der Waals surface area contributed by atoms with Crippen LogP contribution in [0.2, 0.25) is 0 Å². The second kappa shape index (κ2) is 7.49. The van der Waals surface area contributed by atoms with E-state index in [4.69, 9.17) is 0 Å². The molecule has 2 unspecified atom stereocenters. The maximum Gasteiger partial charge on any atom is 0.00962 e. The van der Waals surface area contributed by atoms with Crippen molar-refractivity contribution in [1.29, 1.82) is 0 Å². The van der Waals surface area contributed by atoms with Crippen molar-refractivity contribution in [3.8, 4) is 0 Å². The molecule has 1 aliphatic rings. The Morgan fingerprint density at radius 2 is 1.78 bits per heavy atom. The van der Waals surface area contributed by atoms with E-state index in [1.54, 1.807) is 0 Å². The lowest BCUT2D eigenvalue weighted by molar-refractivity contribution is 0.0974. The molecule has 0 aromatic heterocycles. The lowest BCUT2D eigenvalue weighted by Crippen LogP contribution is -2.47. The van der Waals surface area contributed by atoms with Crippen LogP contribution in [0.3, 0.4) is 0 Å². The van der Waals surface area contributed by atoms with E-state index >= 15 is 0 Å². The summed E-state index contributed by atoms with van der Waals surface area (Å²) in [5, 5.41) is 3.59. The van der Waals surface area contributed by atoms with Crippen LogP contribution in [0.4, 0.5) is 0 Å². The van der Waals surface area contributed by atoms with Crippen LogP contribution in [0, 0.1) is 5.41 Å². The van der Waals surface area contributed by atoms with Gasteiger partial charge in [0.1, 0.15) is 0 Å². The predicted molar refractivity (Wildman–Crippen MR) is 81.0 cm³/mol. The molecular weight excluding hydrogens is 220 g/mol. The van der Waals surface area contributed by atoms with E-state index in [1.165, 1.54) is 45.2 Å². The minimum Gasteiger partial charge on any atom is -0.316 e. The summed E-state index contributed by atoms with van der Waals surface area (Å²) in [6.45, 7) is 15.3. The monoisotopic (exact) mass is 254 g/mol. The van der Waals surface area contributed by atoms with Gasteiger partial charge in [0.25, 0.3) is 0 Å². The highest BCUT2D eigenvalue weighted by Gasteiger charge is 2.36. The molecule has 0 spiro atoms. The van der Waals surface area contributed by atoms with E-state index in [-0.39, 0.29) is 0 Å². The maximum atomic E-state index is 3.59. The van der Waals surface area contributed by atoms with Gasteiger partial charge >= 0.3 is 0 Å². The van der Waals surface area contributed by atoms with Crippen LogP contribution in [-0.2, 0) is 0 Å². The lowest BCUT2D eigenvalue weighted by atomic mass is 9.81. The zero-order chi connectivity index (χ0) is 13.6. The van der Waals surface area contributed by atoms with Crippen LogP contribution in [0.15, 0.2) is 0 Å². The number of rotatable bonds is 8. The third-order valence-electron chi connectivity index (χ3n) is 5.19. The molecule has 0 bridgehead atoms. The highest BCUT2D eigenvalue weighted by molar-refractivity contribution is 4.91. The van der Waals surface area contributed by atoms with E-state index in [9.17, 15) is 0 Å². The van der Waals surface area contributed by atoms with Crippen LogP contribution in [0.1, 0.15) is 66.7 Å². The molecule has 2 atom stereocenters. The van der Waals surface area contributed by atoms with E-state index in [1.807, 2.05) is 0 Å². The smallest absolute Gasteiger partial charge is 0.00962 e. The first-order valence-corrected chi connectivity index (χ1v) is 8.08. The molecule has 18 heavy (non-hydrogen) atoms. The van der Waals surface area contributed by atoms with E-state index < -0.39 is 0 Å². The van der Waals surface area contributed by atoms with Crippen molar-refractivity contribution in [1.82, 2.24) is 10.2 Å². The Morgan fingerprint density at radius 3 is 2.28 bits per heavy atom. The van der Waals surface area contributed by atoms with Gasteiger partial charge in [-0.2, -0.15) is 0 Å². The fraction of sp³-hybridized carbons (Fsp3) is 1.00. The minimum atomic E-state index is 0.474. The Balaban J connectivity index is 2.69. The summed E-state index contributed by atoms with van der Waals surface area (Å²) in [6, 6.07) is 1.62. The summed E-state index contributed by atoms with van der Waals surface area (Å²) in [5.74, 6) is 0. The maximum absolute atomic E-state index is 3.59. The van der Waals surface area contributed by atoms with E-state index in [2.05, 4.69) is 44.8 Å². The topological polar surface area (TPSA) is 15.3 Å². The van der Waals surface area contributed by atoms with Crippen molar-refractivity contribution in [3.05, 3.63) is 0 Å². The van der Waals surface area contributed by atoms with Crippen LogP contribution in [0.25, 0.3) is 0 Å². The van der Waals surface area contributed by atoms with Gasteiger partial charge in [0.05, 0.1) is 0 Å². The first-order valence-electron chi connectivity index (χ1n) is 8.08. The molecule has 0 aromatic carbocycles. The molecule has 0 aromatic rings. The molecule has 1 fully saturated rings. The average Bonchev–Trinajstić information content (AvgIpc) is 2.75. The summed E-state index contributed by atoms with van der Waals surface area (Å²) in [5.41, 5.74) is 0.474. The highest BCUT2D eigenvalue weighted by atomic mass is 15.2. The molecule has 2 heteroatoms. The molecule has 2 nitrogen and oxygen atoms in total. The molecule has 0 aliphatic carbocycles. The summed E-state index contributed by atoms with van der Waals surface area (Å²) >= 11 is 0. The van der Waals surface area contributed by atoms with Gasteiger partial charge in [-0.25, -0.2) is 0 Å². The van der Waals surface area contributed by atoms with Crippen LogP contribution < -0.4 is 5.32 Å². The Kier molecular flexibility index (Phi) is 6.65. The van der Waals surface area contributed by atoms with E-state index in [0.29, 0.717) is 5.41 Å². The SMILES string of the molecule is CCNCC(CC)(CC)CN1C(C)CCC1CC. The predicted octanol–water partition coefficient (Wildman–Crippen LogP) is 3.67. The van der Waals surface area contributed by atoms with Gasteiger partial charge in [0.15, 0.2) is 0 Å². The van der Waals surface area contributed by atoms with Gasteiger partial charge in [0, 0.05) is 25.2 Å². The van der Waals surface area contributed by atoms with Crippen LogP contribution in [-0.4, -0.2) is 36.6 Å². The zero-order valence-electron chi connectivity index (χ0n) is 13.3. The fourth-order valence-electron chi connectivity index (χ4n) is 3.41. The Labute approximate surface area is 115 Å². The van der Waals surface area contributed by atoms with Gasteiger partial charge in [-0.3, -0.25) is 4.90 Å². The molecule has 0 radical (unpaired) electrons. The number of hydrogen-bond acceptors (Lipinski definition) is 2. The molecule has 0 amide bonds. The lowest BCUT2D eigenvalue weighted by Gasteiger charge is -2.40. The average molecular weight is 254 g/mol. The largest absolute Gasteiger partial charge is 0.316 e. The second-order valence-electron chi connectivity index (χ2n) is 6.15.